The maximum atomic E-state index is 10.9. The molecule has 126 valence electrons. The Morgan fingerprint density at radius 1 is 0.857 bits per heavy atom. The molecule has 2 N–H and O–H groups in total. The number of carbonyl (C=O) groups excluding carboxylic acids is 1. The predicted molar refractivity (Wildman–Crippen MR) is 85.1 cm³/mol. The summed E-state index contributed by atoms with van der Waals surface area (Å²) in [5.41, 5.74) is 0. The van der Waals surface area contributed by atoms with E-state index in [1.165, 1.54) is 26.4 Å². The Hall–Kier alpha value is -0.610. The quantitative estimate of drug-likeness (QED) is 0.358. The Morgan fingerprint density at radius 3 is 1.86 bits per heavy atom. The molecule has 0 rings (SSSR count). The molecule has 0 bridgehead atoms. The first-order valence-electron chi connectivity index (χ1n) is 8.56. The van der Waals surface area contributed by atoms with Crippen LogP contribution in [0.1, 0.15) is 83.5 Å². The van der Waals surface area contributed by atoms with Gasteiger partial charge in [0.05, 0.1) is 13.2 Å². The third-order valence-electron chi connectivity index (χ3n) is 3.84. The van der Waals surface area contributed by atoms with Crippen molar-refractivity contribution in [2.45, 2.75) is 89.6 Å². The van der Waals surface area contributed by atoms with Gasteiger partial charge in [-0.05, 0) is 25.7 Å². The van der Waals surface area contributed by atoms with Gasteiger partial charge in [0.1, 0.15) is 0 Å². The Bertz CT molecular complexity index is 231. The molecule has 4 heteroatoms. The van der Waals surface area contributed by atoms with Gasteiger partial charge in [0, 0.05) is 13.0 Å². The second-order valence-corrected chi connectivity index (χ2v) is 5.82. The summed E-state index contributed by atoms with van der Waals surface area (Å²) >= 11 is 0. The molecule has 0 heterocycles. The molecule has 0 spiro atoms. The first-order valence-corrected chi connectivity index (χ1v) is 8.56. The summed E-state index contributed by atoms with van der Waals surface area (Å²) in [4.78, 5) is 10.9. The number of esters is 1. The summed E-state index contributed by atoms with van der Waals surface area (Å²) in [7, 11) is 1.42. The summed E-state index contributed by atoms with van der Waals surface area (Å²) in [5, 5.41) is 18.5. The highest BCUT2D eigenvalue weighted by atomic mass is 16.5. The standard InChI is InChI=1S/C17H34O4/c1-21-17(20)14-10-6-5-9-13-16(19)12-8-4-2-3-7-11-15-18/h16,18-19H,2-15H2,1H3. The monoisotopic (exact) mass is 302 g/mol. The van der Waals surface area contributed by atoms with Crippen LogP contribution in [0.3, 0.4) is 0 Å². The lowest BCUT2D eigenvalue weighted by Crippen LogP contribution is -2.06. The lowest BCUT2D eigenvalue weighted by molar-refractivity contribution is -0.140. The third-order valence-corrected chi connectivity index (χ3v) is 3.84. The number of ether oxygens (including phenoxy) is 1. The molecule has 0 radical (unpaired) electrons. The van der Waals surface area contributed by atoms with Crippen LogP contribution >= 0.6 is 0 Å². The lowest BCUT2D eigenvalue weighted by Gasteiger charge is -2.10. The molecule has 0 saturated carbocycles. The van der Waals surface area contributed by atoms with Crippen molar-refractivity contribution < 1.29 is 19.7 Å². The van der Waals surface area contributed by atoms with Gasteiger partial charge in [-0.25, -0.2) is 0 Å². The van der Waals surface area contributed by atoms with Crippen LogP contribution in [-0.2, 0) is 9.53 Å². The van der Waals surface area contributed by atoms with Crippen LogP contribution in [0.25, 0.3) is 0 Å². The van der Waals surface area contributed by atoms with E-state index < -0.39 is 0 Å². The summed E-state index contributed by atoms with van der Waals surface area (Å²) in [6.45, 7) is 0.304. The fourth-order valence-electron chi connectivity index (χ4n) is 2.45. The number of hydrogen-bond acceptors (Lipinski definition) is 4. The Labute approximate surface area is 129 Å². The molecule has 0 aromatic carbocycles. The van der Waals surface area contributed by atoms with Crippen LogP contribution in [-0.4, -0.2) is 36.0 Å². The highest BCUT2D eigenvalue weighted by Gasteiger charge is 2.04. The second-order valence-electron chi connectivity index (χ2n) is 5.82. The van der Waals surface area contributed by atoms with Crippen LogP contribution in [0.2, 0.25) is 0 Å². The average Bonchev–Trinajstić information content (AvgIpc) is 2.49. The average molecular weight is 302 g/mol. The molecule has 0 aromatic heterocycles. The molecule has 21 heavy (non-hydrogen) atoms. The first kappa shape index (κ1) is 20.4. The van der Waals surface area contributed by atoms with Crippen LogP contribution in [0.4, 0.5) is 0 Å². The molecule has 4 nitrogen and oxygen atoms in total. The van der Waals surface area contributed by atoms with Crippen molar-refractivity contribution in [2.24, 2.45) is 0 Å². The number of hydrogen-bond donors (Lipinski definition) is 2. The van der Waals surface area contributed by atoms with E-state index in [-0.39, 0.29) is 12.1 Å². The number of aliphatic hydroxyl groups excluding tert-OH is 2. The summed E-state index contributed by atoms with van der Waals surface area (Å²) in [6, 6.07) is 0. The van der Waals surface area contributed by atoms with Crippen LogP contribution < -0.4 is 0 Å². The van der Waals surface area contributed by atoms with Gasteiger partial charge >= 0.3 is 5.97 Å². The number of methoxy groups -OCH3 is 1. The van der Waals surface area contributed by atoms with Gasteiger partial charge in [-0.15, -0.1) is 0 Å². The van der Waals surface area contributed by atoms with Crippen LogP contribution in [0.15, 0.2) is 0 Å². The molecule has 0 amide bonds. The smallest absolute Gasteiger partial charge is 0.305 e. The highest BCUT2D eigenvalue weighted by Crippen LogP contribution is 2.13. The topological polar surface area (TPSA) is 66.8 Å². The SMILES string of the molecule is COC(=O)CCCCCCC(O)CCCCCCCCO. The van der Waals surface area contributed by atoms with Crippen molar-refractivity contribution >= 4 is 5.97 Å². The van der Waals surface area contributed by atoms with Gasteiger partial charge < -0.3 is 14.9 Å². The van der Waals surface area contributed by atoms with E-state index in [0.29, 0.717) is 13.0 Å². The zero-order valence-corrected chi connectivity index (χ0v) is 13.7. The maximum Gasteiger partial charge on any atom is 0.305 e. The minimum Gasteiger partial charge on any atom is -0.469 e. The minimum absolute atomic E-state index is 0.131. The van der Waals surface area contributed by atoms with Gasteiger partial charge in [-0.3, -0.25) is 4.79 Å². The van der Waals surface area contributed by atoms with Crippen molar-refractivity contribution in [1.29, 1.82) is 0 Å². The summed E-state index contributed by atoms with van der Waals surface area (Å²) in [5.74, 6) is -0.131. The Kier molecular flexibility index (Phi) is 15.3. The zero-order chi connectivity index (χ0) is 15.8. The van der Waals surface area contributed by atoms with E-state index in [1.54, 1.807) is 0 Å². The first-order chi connectivity index (χ1) is 10.2. The molecule has 0 aliphatic carbocycles. The van der Waals surface area contributed by atoms with Crippen LogP contribution in [0.5, 0.6) is 0 Å². The lowest BCUT2D eigenvalue weighted by atomic mass is 10.0. The number of aliphatic hydroxyl groups is 2. The minimum atomic E-state index is -0.164. The Balaban J connectivity index is 3.19. The summed E-state index contributed by atoms with van der Waals surface area (Å²) in [6.07, 6.45) is 12.9. The third kappa shape index (κ3) is 15.6. The molecule has 0 aromatic rings. The van der Waals surface area contributed by atoms with Gasteiger partial charge in [-0.1, -0.05) is 51.4 Å². The van der Waals surface area contributed by atoms with Crippen LogP contribution in [0, 0.1) is 0 Å². The molecule has 0 saturated heterocycles. The van der Waals surface area contributed by atoms with Crippen molar-refractivity contribution in [3.05, 3.63) is 0 Å². The van der Waals surface area contributed by atoms with Gasteiger partial charge in [0.2, 0.25) is 0 Å². The number of unbranched alkanes of at least 4 members (excludes halogenated alkanes) is 8. The van der Waals surface area contributed by atoms with E-state index in [9.17, 15) is 9.90 Å². The highest BCUT2D eigenvalue weighted by molar-refractivity contribution is 5.68. The Morgan fingerprint density at radius 2 is 1.33 bits per heavy atom. The van der Waals surface area contributed by atoms with Crippen molar-refractivity contribution in [3.63, 3.8) is 0 Å². The molecule has 0 aliphatic rings. The van der Waals surface area contributed by atoms with E-state index >= 15 is 0 Å². The van der Waals surface area contributed by atoms with Crippen molar-refractivity contribution in [3.8, 4) is 0 Å². The van der Waals surface area contributed by atoms with Crippen molar-refractivity contribution in [2.75, 3.05) is 13.7 Å². The predicted octanol–water partition coefficient (Wildman–Crippen LogP) is 3.58. The van der Waals surface area contributed by atoms with Gasteiger partial charge in [0.15, 0.2) is 0 Å². The van der Waals surface area contributed by atoms with Gasteiger partial charge in [-0.2, -0.15) is 0 Å². The maximum absolute atomic E-state index is 10.9. The van der Waals surface area contributed by atoms with E-state index in [2.05, 4.69) is 4.74 Å². The molecule has 1 atom stereocenters. The fourth-order valence-corrected chi connectivity index (χ4v) is 2.45. The molecule has 0 fully saturated rings. The van der Waals surface area contributed by atoms with E-state index in [1.807, 2.05) is 0 Å². The largest absolute Gasteiger partial charge is 0.469 e. The second kappa shape index (κ2) is 15.8. The zero-order valence-electron chi connectivity index (χ0n) is 13.7. The summed E-state index contributed by atoms with van der Waals surface area (Å²) < 4.78 is 4.59. The normalized spacial score (nSPS) is 12.3. The van der Waals surface area contributed by atoms with Gasteiger partial charge in [0.25, 0.3) is 0 Å². The van der Waals surface area contributed by atoms with Crippen molar-refractivity contribution in [1.82, 2.24) is 0 Å². The molecular formula is C17H34O4. The van der Waals surface area contributed by atoms with E-state index in [0.717, 1.165) is 57.8 Å². The molecule has 1 unspecified atom stereocenters. The van der Waals surface area contributed by atoms with E-state index in [4.69, 9.17) is 5.11 Å². The number of rotatable bonds is 15. The molecular weight excluding hydrogens is 268 g/mol. The fraction of sp³-hybridized carbons (Fsp3) is 0.941. The molecule has 0 aliphatic heterocycles. The number of carbonyl (C=O) groups is 1.